The van der Waals surface area contributed by atoms with Gasteiger partial charge in [-0.1, -0.05) is 0 Å². The average molecular weight is 244 g/mol. The summed E-state index contributed by atoms with van der Waals surface area (Å²) in [7, 11) is -3.37. The van der Waals surface area contributed by atoms with Crippen LogP contribution in [0.4, 0.5) is 0 Å². The molecule has 3 nitrogen and oxygen atoms in total. The molecule has 0 saturated carbocycles. The molecule has 0 unspecified atom stereocenters. The van der Waals surface area contributed by atoms with Crippen molar-refractivity contribution in [2.45, 2.75) is 0 Å². The quantitative estimate of drug-likeness (QED) is 0.343. The minimum absolute atomic E-state index is 0. The molecule has 5 heavy (non-hydrogen) atoms. The SMILES string of the molecule is [Ho+3].[O-]P([O-])[O-]. The molecular weight excluding hydrogens is 244 g/mol. The maximum absolute atomic E-state index is 8.48. The predicted octanol–water partition coefficient (Wildman–Crippen LogP) is -2.71. The standard InChI is InChI=1S/Ho.O3P/c;1-4(2)3/q+3;-3. The summed E-state index contributed by atoms with van der Waals surface area (Å²) in [5.41, 5.74) is 0. The van der Waals surface area contributed by atoms with Crippen LogP contribution in [0.25, 0.3) is 0 Å². The fraction of sp³-hybridized carbons (Fsp3) is 0. The number of rotatable bonds is 0. The molecule has 0 fully saturated rings. The van der Waals surface area contributed by atoms with E-state index in [1.165, 1.54) is 0 Å². The van der Waals surface area contributed by atoms with E-state index >= 15 is 0 Å². The Morgan fingerprint density at radius 1 is 1.00 bits per heavy atom. The van der Waals surface area contributed by atoms with E-state index in [-0.39, 0.29) is 37.7 Å². The molecule has 5 heteroatoms. The minimum atomic E-state index is -3.37. The fourth-order valence-electron chi connectivity index (χ4n) is 0. The third kappa shape index (κ3) is 28.8. The second-order valence-electron chi connectivity index (χ2n) is 0.224. The molecule has 0 aliphatic heterocycles. The molecule has 0 aromatic heterocycles. The van der Waals surface area contributed by atoms with Crippen molar-refractivity contribution in [3.05, 3.63) is 0 Å². The summed E-state index contributed by atoms with van der Waals surface area (Å²) in [6.45, 7) is 0. The molecule has 0 aliphatic carbocycles. The van der Waals surface area contributed by atoms with E-state index in [9.17, 15) is 0 Å². The zero-order valence-corrected chi connectivity index (χ0v) is 4.80. The molecule has 34 valence electrons. The molecule has 0 rings (SSSR count). The average Bonchev–Trinajstić information content (AvgIpc) is 0.811. The summed E-state index contributed by atoms with van der Waals surface area (Å²) in [5.74, 6) is 0. The third-order valence-corrected chi connectivity index (χ3v) is 0. The number of hydrogen-bond acceptors (Lipinski definition) is 3. The van der Waals surface area contributed by atoms with E-state index in [4.69, 9.17) is 14.7 Å². The van der Waals surface area contributed by atoms with Gasteiger partial charge in [0.2, 0.25) is 0 Å². The van der Waals surface area contributed by atoms with Crippen LogP contribution in [0.1, 0.15) is 0 Å². The summed E-state index contributed by atoms with van der Waals surface area (Å²) in [4.78, 5) is 25.4. The smallest absolute Gasteiger partial charge is 0.854 e. The van der Waals surface area contributed by atoms with Gasteiger partial charge in [-0.25, -0.2) is 0 Å². The Balaban J connectivity index is 0. The topological polar surface area (TPSA) is 69.2 Å². The van der Waals surface area contributed by atoms with Crippen LogP contribution < -0.4 is 14.7 Å². The van der Waals surface area contributed by atoms with Crippen LogP contribution in [0.3, 0.4) is 0 Å². The molecule has 0 aromatic rings. The first-order chi connectivity index (χ1) is 1.73. The van der Waals surface area contributed by atoms with Crippen molar-refractivity contribution >= 4 is 8.60 Å². The summed E-state index contributed by atoms with van der Waals surface area (Å²) in [6, 6.07) is 0. The molecule has 0 N–H and O–H groups in total. The summed E-state index contributed by atoms with van der Waals surface area (Å²) in [5, 5.41) is 0. The molecule has 0 saturated heterocycles. The van der Waals surface area contributed by atoms with E-state index in [1.807, 2.05) is 0 Å². The zero-order valence-electron chi connectivity index (χ0n) is 1.97. The number of hydrogen-bond donors (Lipinski definition) is 0. The van der Waals surface area contributed by atoms with Gasteiger partial charge in [-0.15, -0.1) is 0 Å². The van der Waals surface area contributed by atoms with Gasteiger partial charge in [-0.05, 0) is 0 Å². The first-order valence-corrected chi connectivity index (χ1v) is 1.64. The van der Waals surface area contributed by atoms with Crippen molar-refractivity contribution in [1.29, 1.82) is 0 Å². The van der Waals surface area contributed by atoms with Crippen LogP contribution in [0.2, 0.25) is 0 Å². The van der Waals surface area contributed by atoms with Crippen LogP contribution in [-0.4, -0.2) is 0 Å². The summed E-state index contributed by atoms with van der Waals surface area (Å²) in [6.07, 6.45) is 0. The van der Waals surface area contributed by atoms with Crippen molar-refractivity contribution in [1.82, 2.24) is 0 Å². The van der Waals surface area contributed by atoms with E-state index < -0.39 is 8.60 Å². The van der Waals surface area contributed by atoms with Crippen molar-refractivity contribution in [2.75, 3.05) is 0 Å². The van der Waals surface area contributed by atoms with E-state index in [2.05, 4.69) is 0 Å². The van der Waals surface area contributed by atoms with Gasteiger partial charge in [0.05, 0.1) is 0 Å². The van der Waals surface area contributed by atoms with Crippen molar-refractivity contribution < 1.29 is 52.4 Å². The Morgan fingerprint density at radius 2 is 1.00 bits per heavy atom. The monoisotopic (exact) mass is 244 g/mol. The van der Waals surface area contributed by atoms with E-state index in [1.54, 1.807) is 0 Å². The first-order valence-electron chi connectivity index (χ1n) is 0.548. The molecule has 0 aromatic carbocycles. The van der Waals surface area contributed by atoms with Crippen LogP contribution in [0.15, 0.2) is 0 Å². The molecule has 0 heterocycles. The Bertz CT molecular complexity index is 11.6. The van der Waals surface area contributed by atoms with Gasteiger partial charge in [-0.3, -0.25) is 0 Å². The van der Waals surface area contributed by atoms with Gasteiger partial charge in [0.1, 0.15) is 0 Å². The zero-order chi connectivity index (χ0) is 3.58. The maximum Gasteiger partial charge on any atom is 3.00 e. The molecule has 0 amide bonds. The van der Waals surface area contributed by atoms with Gasteiger partial charge in [0, 0.05) is 0 Å². The van der Waals surface area contributed by atoms with Gasteiger partial charge in [0.25, 0.3) is 0 Å². The normalized spacial score (nSPS) is 7.20. The third-order valence-electron chi connectivity index (χ3n) is 0. The molecule has 0 radical (unpaired) electrons. The first kappa shape index (κ1) is 9.76. The predicted molar refractivity (Wildman–Crippen MR) is 6.92 cm³/mol. The van der Waals surface area contributed by atoms with Gasteiger partial charge >= 0.3 is 37.7 Å². The van der Waals surface area contributed by atoms with Gasteiger partial charge in [0.15, 0.2) is 0 Å². The van der Waals surface area contributed by atoms with E-state index in [0.717, 1.165) is 0 Å². The van der Waals surface area contributed by atoms with Crippen molar-refractivity contribution in [3.8, 4) is 0 Å². The summed E-state index contributed by atoms with van der Waals surface area (Å²) >= 11 is 0. The van der Waals surface area contributed by atoms with Crippen LogP contribution in [-0.2, 0) is 0 Å². The summed E-state index contributed by atoms with van der Waals surface area (Å²) < 4.78 is 0. The Kier molecular flexibility index (Phi) is 10.9. The molecule has 0 atom stereocenters. The Morgan fingerprint density at radius 3 is 1.00 bits per heavy atom. The molecule has 0 bridgehead atoms. The van der Waals surface area contributed by atoms with E-state index in [0.29, 0.717) is 0 Å². The van der Waals surface area contributed by atoms with Crippen molar-refractivity contribution in [3.63, 3.8) is 0 Å². The van der Waals surface area contributed by atoms with Crippen LogP contribution >= 0.6 is 8.60 Å². The van der Waals surface area contributed by atoms with Crippen LogP contribution in [0.5, 0.6) is 0 Å². The second-order valence-corrected chi connectivity index (χ2v) is 0.671. The Labute approximate surface area is 60.6 Å². The van der Waals surface area contributed by atoms with Gasteiger partial charge < -0.3 is 23.3 Å². The van der Waals surface area contributed by atoms with Crippen LogP contribution in [0, 0.1) is 37.7 Å². The largest absolute Gasteiger partial charge is 3.00 e. The van der Waals surface area contributed by atoms with Crippen molar-refractivity contribution in [2.24, 2.45) is 0 Å². The molecule has 0 spiro atoms. The fourth-order valence-corrected chi connectivity index (χ4v) is 0. The maximum atomic E-state index is 8.48. The second kappa shape index (κ2) is 5.57. The molecular formula is HoO3P. The Hall–Kier alpha value is 1.57. The van der Waals surface area contributed by atoms with Gasteiger partial charge in [-0.2, -0.15) is 0 Å². The minimum Gasteiger partial charge on any atom is -0.854 e. The molecule has 0 aliphatic rings.